The first-order chi connectivity index (χ1) is 20.9. The second kappa shape index (κ2) is 19.1. The molecule has 10 nitrogen and oxygen atoms in total. The Balaban J connectivity index is 3.17. The van der Waals surface area contributed by atoms with Gasteiger partial charge in [0, 0.05) is 32.6 Å². The molecule has 256 valence electrons. The molecule has 10 atom stereocenters. The van der Waals surface area contributed by atoms with Gasteiger partial charge in [0.2, 0.25) is 0 Å². The van der Waals surface area contributed by atoms with Gasteiger partial charge in [-0.05, 0) is 57.1 Å². The average Bonchev–Trinajstić information content (AvgIpc) is 2.93. The molecule has 0 aliphatic carbocycles. The van der Waals surface area contributed by atoms with Crippen molar-refractivity contribution < 1.29 is 48.3 Å². The van der Waals surface area contributed by atoms with Crippen molar-refractivity contribution in [2.45, 2.75) is 136 Å². The van der Waals surface area contributed by atoms with Gasteiger partial charge in [0.1, 0.15) is 30.0 Å². The lowest BCUT2D eigenvalue weighted by molar-refractivity contribution is -0.160. The highest BCUT2D eigenvalue weighted by Gasteiger charge is 2.36. The number of carbonyl (C=O) groups is 4. The van der Waals surface area contributed by atoms with Gasteiger partial charge in [-0.25, -0.2) is 0 Å². The minimum absolute atomic E-state index is 0.0143. The highest BCUT2D eigenvalue weighted by molar-refractivity contribution is 6.21. The van der Waals surface area contributed by atoms with E-state index >= 15 is 0 Å². The van der Waals surface area contributed by atoms with Gasteiger partial charge in [0.15, 0.2) is 0 Å². The van der Waals surface area contributed by atoms with Crippen LogP contribution in [0.5, 0.6) is 0 Å². The van der Waals surface area contributed by atoms with Crippen LogP contribution in [0.1, 0.15) is 94.4 Å². The SMILES string of the molecule is CCC(OC(C)=O)C(C)C(O)C(Cl)CC(C)/C=C/C=C(\C)C1OC(=O)CC(OC(C)=O)CCC(C)(O)C(OC(C)=O)/C=C/C1C. The lowest BCUT2D eigenvalue weighted by atomic mass is 9.88. The number of hydrogen-bond acceptors (Lipinski definition) is 10. The summed E-state index contributed by atoms with van der Waals surface area (Å²) in [6, 6.07) is 0. The lowest BCUT2D eigenvalue weighted by Crippen LogP contribution is -2.42. The molecule has 10 unspecified atom stereocenters. The Kier molecular flexibility index (Phi) is 17.1. The molecule has 11 heteroatoms. The molecule has 0 aromatic heterocycles. The van der Waals surface area contributed by atoms with Gasteiger partial charge in [-0.15, -0.1) is 11.6 Å². The summed E-state index contributed by atoms with van der Waals surface area (Å²) in [7, 11) is 0. The number of allylic oxidation sites excluding steroid dienone is 3. The third-order valence-electron chi connectivity index (χ3n) is 7.99. The fourth-order valence-corrected chi connectivity index (χ4v) is 5.85. The fourth-order valence-electron chi connectivity index (χ4n) is 5.34. The number of cyclic esters (lactones) is 1. The zero-order valence-electron chi connectivity index (χ0n) is 28.2. The van der Waals surface area contributed by atoms with Gasteiger partial charge in [-0.1, -0.05) is 52.0 Å². The maximum atomic E-state index is 13.0. The Morgan fingerprint density at radius 2 is 1.73 bits per heavy atom. The quantitative estimate of drug-likeness (QED) is 0.0925. The highest BCUT2D eigenvalue weighted by atomic mass is 35.5. The Bertz CT molecular complexity index is 1080. The van der Waals surface area contributed by atoms with E-state index in [0.29, 0.717) is 12.8 Å². The molecular formula is C34H53ClO10. The van der Waals surface area contributed by atoms with Crippen LogP contribution in [0, 0.1) is 17.8 Å². The summed E-state index contributed by atoms with van der Waals surface area (Å²) >= 11 is 6.57. The molecule has 1 heterocycles. The van der Waals surface area contributed by atoms with Gasteiger partial charge < -0.3 is 29.2 Å². The van der Waals surface area contributed by atoms with E-state index in [-0.39, 0.29) is 37.0 Å². The fraction of sp³-hybridized carbons (Fsp3) is 0.706. The minimum Gasteiger partial charge on any atom is -0.462 e. The second-order valence-electron chi connectivity index (χ2n) is 12.4. The largest absolute Gasteiger partial charge is 0.462 e. The third kappa shape index (κ3) is 14.5. The molecule has 0 radical (unpaired) electrons. The number of aliphatic hydroxyl groups excluding tert-OH is 1. The molecule has 0 aromatic rings. The first-order valence-corrected chi connectivity index (χ1v) is 16.1. The van der Waals surface area contributed by atoms with Crippen LogP contribution in [-0.4, -0.2) is 75.6 Å². The molecule has 1 aliphatic heterocycles. The number of ether oxygens (including phenoxy) is 4. The van der Waals surface area contributed by atoms with E-state index in [2.05, 4.69) is 0 Å². The van der Waals surface area contributed by atoms with Crippen molar-refractivity contribution in [2.24, 2.45) is 17.8 Å². The number of alkyl halides is 1. The molecule has 0 saturated heterocycles. The minimum atomic E-state index is -1.48. The van der Waals surface area contributed by atoms with E-state index in [9.17, 15) is 29.4 Å². The van der Waals surface area contributed by atoms with Crippen molar-refractivity contribution in [2.75, 3.05) is 0 Å². The molecule has 0 aromatic carbocycles. The predicted molar refractivity (Wildman–Crippen MR) is 171 cm³/mol. The van der Waals surface area contributed by atoms with Crippen molar-refractivity contribution in [3.63, 3.8) is 0 Å². The first-order valence-electron chi connectivity index (χ1n) is 15.7. The Hall–Kier alpha value is -2.69. The summed E-state index contributed by atoms with van der Waals surface area (Å²) in [5, 5.41) is 21.4. The van der Waals surface area contributed by atoms with E-state index in [0.717, 1.165) is 5.57 Å². The zero-order valence-corrected chi connectivity index (χ0v) is 28.9. The van der Waals surface area contributed by atoms with Crippen LogP contribution in [0.3, 0.4) is 0 Å². The van der Waals surface area contributed by atoms with Crippen molar-refractivity contribution in [1.29, 1.82) is 0 Å². The maximum Gasteiger partial charge on any atom is 0.310 e. The molecule has 0 saturated carbocycles. The summed E-state index contributed by atoms with van der Waals surface area (Å²) in [4.78, 5) is 47.9. The summed E-state index contributed by atoms with van der Waals surface area (Å²) in [6.45, 7) is 14.7. The normalized spacial score (nSPS) is 29.2. The monoisotopic (exact) mass is 656 g/mol. The lowest BCUT2D eigenvalue weighted by Gasteiger charge is -2.33. The number of esters is 4. The highest BCUT2D eigenvalue weighted by Crippen LogP contribution is 2.28. The average molecular weight is 657 g/mol. The standard InChI is InChI=1S/C34H53ClO10/c1-10-29(43-25(7)37)23(5)32(40)28(35)18-20(2)12-11-13-21(3)33-22(4)14-15-30(44-26(8)38)34(9,41)17-16-27(42-24(6)36)19-31(39)45-33/h11-15,20,22-23,27-30,32-33,40-41H,10,16-19H2,1-9H3/b12-11+,15-14+,21-13+. The number of rotatable bonds is 12. The number of aliphatic hydroxyl groups is 2. The number of carbonyl (C=O) groups excluding carboxylic acids is 4. The maximum absolute atomic E-state index is 13.0. The van der Waals surface area contributed by atoms with Gasteiger partial charge in [0.05, 0.1) is 17.9 Å². The molecule has 1 rings (SSSR count). The van der Waals surface area contributed by atoms with Crippen molar-refractivity contribution >= 4 is 35.5 Å². The second-order valence-corrected chi connectivity index (χ2v) is 13.0. The van der Waals surface area contributed by atoms with Crippen LogP contribution in [0.4, 0.5) is 0 Å². The van der Waals surface area contributed by atoms with Crippen molar-refractivity contribution in [3.05, 3.63) is 36.0 Å². The van der Waals surface area contributed by atoms with Crippen LogP contribution < -0.4 is 0 Å². The summed E-state index contributed by atoms with van der Waals surface area (Å²) < 4.78 is 22.0. The van der Waals surface area contributed by atoms with Crippen LogP contribution >= 0.6 is 11.6 Å². The smallest absolute Gasteiger partial charge is 0.310 e. The Morgan fingerprint density at radius 1 is 1.11 bits per heavy atom. The molecule has 1 aliphatic rings. The molecule has 45 heavy (non-hydrogen) atoms. The molecule has 0 amide bonds. The Morgan fingerprint density at radius 3 is 2.29 bits per heavy atom. The topological polar surface area (TPSA) is 146 Å². The van der Waals surface area contributed by atoms with E-state index in [1.54, 1.807) is 12.2 Å². The molecule has 0 bridgehead atoms. The van der Waals surface area contributed by atoms with Crippen LogP contribution in [-0.2, 0) is 38.1 Å². The van der Waals surface area contributed by atoms with Gasteiger partial charge in [-0.2, -0.15) is 0 Å². The van der Waals surface area contributed by atoms with E-state index in [1.807, 2.05) is 52.8 Å². The summed E-state index contributed by atoms with van der Waals surface area (Å²) in [5.41, 5.74) is -0.754. The van der Waals surface area contributed by atoms with Crippen molar-refractivity contribution in [1.82, 2.24) is 0 Å². The van der Waals surface area contributed by atoms with E-state index < -0.39 is 65.4 Å². The number of halogens is 1. The van der Waals surface area contributed by atoms with E-state index in [4.69, 9.17) is 30.5 Å². The molecular weight excluding hydrogens is 604 g/mol. The molecule has 0 spiro atoms. The molecule has 0 fully saturated rings. The summed E-state index contributed by atoms with van der Waals surface area (Å²) in [5.74, 6) is -2.80. The first kappa shape index (κ1) is 40.3. The predicted octanol–water partition coefficient (Wildman–Crippen LogP) is 5.36. The van der Waals surface area contributed by atoms with Crippen molar-refractivity contribution in [3.8, 4) is 0 Å². The summed E-state index contributed by atoms with van der Waals surface area (Å²) in [6.07, 6.45) is 6.21. The van der Waals surface area contributed by atoms with Gasteiger partial charge in [0.25, 0.3) is 0 Å². The third-order valence-corrected chi connectivity index (χ3v) is 8.43. The van der Waals surface area contributed by atoms with Crippen LogP contribution in [0.2, 0.25) is 0 Å². The van der Waals surface area contributed by atoms with Gasteiger partial charge in [-0.3, -0.25) is 19.2 Å². The molecule has 2 N–H and O–H groups in total. The Labute approximate surface area is 273 Å². The van der Waals surface area contributed by atoms with Gasteiger partial charge >= 0.3 is 23.9 Å². The van der Waals surface area contributed by atoms with E-state index in [1.165, 1.54) is 27.7 Å². The number of hydrogen-bond donors (Lipinski definition) is 2. The van der Waals surface area contributed by atoms with Crippen LogP contribution in [0.15, 0.2) is 36.0 Å². The van der Waals surface area contributed by atoms with Crippen LogP contribution in [0.25, 0.3) is 0 Å². The zero-order chi connectivity index (χ0) is 34.5.